The first-order chi connectivity index (χ1) is 13.0. The second kappa shape index (κ2) is 6.99. The molecule has 1 N–H and O–H groups in total. The molecule has 2 aromatic carbocycles. The van der Waals surface area contributed by atoms with Crippen LogP contribution in [0.25, 0.3) is 5.69 Å². The lowest BCUT2D eigenvalue weighted by Gasteiger charge is -2.14. The zero-order valence-corrected chi connectivity index (χ0v) is 15.5. The number of hydrogen-bond acceptors (Lipinski definition) is 2. The summed E-state index contributed by atoms with van der Waals surface area (Å²) in [6.45, 7) is 3.83. The topological polar surface area (TPSA) is 46.9 Å². The molecule has 4 rings (SSSR count). The Morgan fingerprint density at radius 1 is 1.15 bits per heavy atom. The minimum absolute atomic E-state index is 0.255. The Labute approximate surface area is 158 Å². The van der Waals surface area contributed by atoms with Crippen molar-refractivity contribution in [2.45, 2.75) is 39.2 Å². The third-order valence-corrected chi connectivity index (χ3v) is 5.14. The lowest BCUT2D eigenvalue weighted by molar-refractivity contribution is 0.0933. The van der Waals surface area contributed by atoms with Crippen molar-refractivity contribution >= 4 is 5.91 Å². The number of rotatable bonds is 4. The highest BCUT2D eigenvalue weighted by Crippen LogP contribution is 2.28. The largest absolute Gasteiger partial charge is 0.344 e. The Bertz CT molecular complexity index is 991. The van der Waals surface area contributed by atoms with Crippen LogP contribution in [0.2, 0.25) is 0 Å². The maximum Gasteiger partial charge on any atom is 0.272 e. The maximum absolute atomic E-state index is 14.0. The van der Waals surface area contributed by atoms with E-state index in [1.807, 2.05) is 35.9 Å². The van der Waals surface area contributed by atoms with E-state index in [9.17, 15) is 9.18 Å². The predicted octanol–water partition coefficient (Wildman–Crippen LogP) is 4.30. The van der Waals surface area contributed by atoms with Crippen molar-refractivity contribution in [3.05, 3.63) is 82.4 Å². The SMILES string of the molecule is Cc1ccc(-n2nc(C(=O)NC(C)c3ccccc3F)c3c2CCC3)cc1. The van der Waals surface area contributed by atoms with Crippen LogP contribution in [0.15, 0.2) is 48.5 Å². The molecule has 5 heteroatoms. The van der Waals surface area contributed by atoms with Gasteiger partial charge in [0, 0.05) is 16.8 Å². The Kier molecular flexibility index (Phi) is 4.52. The van der Waals surface area contributed by atoms with E-state index in [0.29, 0.717) is 11.3 Å². The van der Waals surface area contributed by atoms with Crippen molar-refractivity contribution in [3.8, 4) is 5.69 Å². The first-order valence-corrected chi connectivity index (χ1v) is 9.27. The van der Waals surface area contributed by atoms with E-state index in [4.69, 9.17) is 0 Å². The summed E-state index contributed by atoms with van der Waals surface area (Å²) in [5, 5.41) is 7.51. The van der Waals surface area contributed by atoms with Gasteiger partial charge in [-0.3, -0.25) is 4.79 Å². The van der Waals surface area contributed by atoms with Gasteiger partial charge in [0.2, 0.25) is 0 Å². The van der Waals surface area contributed by atoms with Crippen LogP contribution in [0.1, 0.15) is 52.3 Å². The maximum atomic E-state index is 14.0. The summed E-state index contributed by atoms with van der Waals surface area (Å²) in [7, 11) is 0. The van der Waals surface area contributed by atoms with Crippen LogP contribution < -0.4 is 5.32 Å². The average molecular weight is 363 g/mol. The van der Waals surface area contributed by atoms with E-state index in [1.165, 1.54) is 11.6 Å². The summed E-state index contributed by atoms with van der Waals surface area (Å²) in [4.78, 5) is 12.9. The van der Waals surface area contributed by atoms with Gasteiger partial charge in [0.25, 0.3) is 5.91 Å². The quantitative estimate of drug-likeness (QED) is 0.751. The molecule has 0 fully saturated rings. The molecule has 0 saturated heterocycles. The molecule has 1 aromatic heterocycles. The Hall–Kier alpha value is -2.95. The zero-order chi connectivity index (χ0) is 19.0. The Balaban J connectivity index is 1.64. The van der Waals surface area contributed by atoms with Crippen molar-refractivity contribution in [2.24, 2.45) is 0 Å². The van der Waals surface area contributed by atoms with Crippen LogP contribution in [0, 0.1) is 12.7 Å². The fraction of sp³-hybridized carbons (Fsp3) is 0.273. The van der Waals surface area contributed by atoms with Crippen molar-refractivity contribution in [2.75, 3.05) is 0 Å². The lowest BCUT2D eigenvalue weighted by atomic mass is 10.1. The highest BCUT2D eigenvalue weighted by atomic mass is 19.1. The monoisotopic (exact) mass is 363 g/mol. The number of aryl methyl sites for hydroxylation is 1. The molecule has 0 aliphatic heterocycles. The third-order valence-electron chi connectivity index (χ3n) is 5.14. The lowest BCUT2D eigenvalue weighted by Crippen LogP contribution is -2.28. The molecule has 4 nitrogen and oxygen atoms in total. The first kappa shape index (κ1) is 17.5. The standard InChI is InChI=1S/C22H22FN3O/c1-14-10-12-16(13-11-14)26-20-9-5-7-18(20)21(25-26)22(27)24-15(2)17-6-3-4-8-19(17)23/h3-4,6,8,10-13,15H,5,7,9H2,1-2H3,(H,24,27). The molecular formula is C22H22FN3O. The average Bonchev–Trinajstić information content (AvgIpc) is 3.25. The van der Waals surface area contributed by atoms with Gasteiger partial charge in [0.15, 0.2) is 5.69 Å². The van der Waals surface area contributed by atoms with Crippen molar-refractivity contribution in [3.63, 3.8) is 0 Å². The van der Waals surface area contributed by atoms with Gasteiger partial charge in [-0.05, 0) is 51.3 Å². The van der Waals surface area contributed by atoms with Crippen molar-refractivity contribution in [1.82, 2.24) is 15.1 Å². The third kappa shape index (κ3) is 3.25. The van der Waals surface area contributed by atoms with Crippen molar-refractivity contribution < 1.29 is 9.18 Å². The summed E-state index contributed by atoms with van der Waals surface area (Å²) in [6.07, 6.45) is 2.77. The molecule has 1 aliphatic carbocycles. The smallest absolute Gasteiger partial charge is 0.272 e. The van der Waals surface area contributed by atoms with Gasteiger partial charge in [-0.1, -0.05) is 35.9 Å². The number of benzene rings is 2. The van der Waals surface area contributed by atoms with Crippen LogP contribution in [-0.4, -0.2) is 15.7 Å². The van der Waals surface area contributed by atoms with E-state index in [0.717, 1.165) is 36.2 Å². The van der Waals surface area contributed by atoms with E-state index in [1.54, 1.807) is 25.1 Å². The number of hydrogen-bond donors (Lipinski definition) is 1. The molecule has 3 aromatic rings. The van der Waals surface area contributed by atoms with Crippen LogP contribution in [-0.2, 0) is 12.8 Å². The summed E-state index contributed by atoms with van der Waals surface area (Å²) >= 11 is 0. The fourth-order valence-corrected chi connectivity index (χ4v) is 3.69. The minimum atomic E-state index is -0.430. The van der Waals surface area contributed by atoms with Crippen LogP contribution >= 0.6 is 0 Å². The van der Waals surface area contributed by atoms with Crippen molar-refractivity contribution in [1.29, 1.82) is 0 Å². The summed E-state index contributed by atoms with van der Waals surface area (Å²) in [5.74, 6) is -0.574. The molecule has 27 heavy (non-hydrogen) atoms. The number of carbonyl (C=O) groups excluding carboxylic acids is 1. The minimum Gasteiger partial charge on any atom is -0.344 e. The molecule has 138 valence electrons. The second-order valence-corrected chi connectivity index (χ2v) is 7.09. The number of halogens is 1. The van der Waals surface area contributed by atoms with E-state index >= 15 is 0 Å². The predicted molar refractivity (Wildman–Crippen MR) is 103 cm³/mol. The molecule has 1 unspecified atom stereocenters. The molecule has 0 saturated carbocycles. The normalized spacial score (nSPS) is 14.0. The number of amides is 1. The number of nitrogens with zero attached hydrogens (tertiary/aromatic N) is 2. The van der Waals surface area contributed by atoms with Crippen LogP contribution in [0.5, 0.6) is 0 Å². The Morgan fingerprint density at radius 3 is 2.63 bits per heavy atom. The number of carbonyl (C=O) groups is 1. The molecule has 1 atom stereocenters. The highest BCUT2D eigenvalue weighted by molar-refractivity contribution is 5.94. The van der Waals surface area contributed by atoms with E-state index < -0.39 is 6.04 Å². The van der Waals surface area contributed by atoms with Gasteiger partial charge in [0.1, 0.15) is 5.82 Å². The second-order valence-electron chi connectivity index (χ2n) is 7.09. The Morgan fingerprint density at radius 2 is 1.89 bits per heavy atom. The van der Waals surface area contributed by atoms with Gasteiger partial charge in [0.05, 0.1) is 11.7 Å². The number of fused-ring (bicyclic) bond motifs is 1. The highest BCUT2D eigenvalue weighted by Gasteiger charge is 2.28. The number of aromatic nitrogens is 2. The molecule has 0 bridgehead atoms. The van der Waals surface area contributed by atoms with Gasteiger partial charge in [-0.25, -0.2) is 9.07 Å². The first-order valence-electron chi connectivity index (χ1n) is 9.27. The summed E-state index contributed by atoms with van der Waals surface area (Å²) < 4.78 is 15.9. The fourth-order valence-electron chi connectivity index (χ4n) is 3.69. The van der Waals surface area contributed by atoms with Gasteiger partial charge < -0.3 is 5.32 Å². The van der Waals surface area contributed by atoms with E-state index in [2.05, 4.69) is 10.4 Å². The molecule has 1 heterocycles. The number of nitrogens with one attached hydrogen (secondary N) is 1. The van der Waals surface area contributed by atoms with E-state index in [-0.39, 0.29) is 11.7 Å². The molecule has 0 spiro atoms. The molecule has 1 aliphatic rings. The summed E-state index contributed by atoms with van der Waals surface area (Å²) in [6, 6.07) is 14.2. The molecular weight excluding hydrogens is 341 g/mol. The molecule has 0 radical (unpaired) electrons. The van der Waals surface area contributed by atoms with Crippen LogP contribution in [0.4, 0.5) is 4.39 Å². The van der Waals surface area contributed by atoms with Crippen LogP contribution in [0.3, 0.4) is 0 Å². The van der Waals surface area contributed by atoms with Gasteiger partial charge in [-0.2, -0.15) is 5.10 Å². The summed E-state index contributed by atoms with van der Waals surface area (Å²) in [5.41, 5.74) is 5.17. The van der Waals surface area contributed by atoms with Gasteiger partial charge >= 0.3 is 0 Å². The molecule has 1 amide bonds. The zero-order valence-electron chi connectivity index (χ0n) is 15.5. The van der Waals surface area contributed by atoms with Gasteiger partial charge in [-0.15, -0.1) is 0 Å².